The fourth-order valence-corrected chi connectivity index (χ4v) is 5.15. The van der Waals surface area contributed by atoms with Crippen LogP contribution in [0.3, 0.4) is 0 Å². The molecule has 5 rings (SSSR count). The number of hydrogen-bond acceptors (Lipinski definition) is 6. The minimum absolute atomic E-state index is 0.125. The monoisotopic (exact) mass is 396 g/mol. The van der Waals surface area contributed by atoms with E-state index in [4.69, 9.17) is 0 Å². The number of carbonyl (C=O) groups excluding carboxylic acids is 4. The minimum Gasteiger partial charge on any atom is -0.371 e. The van der Waals surface area contributed by atoms with Crippen LogP contribution in [0.5, 0.6) is 0 Å². The molecule has 1 aromatic rings. The zero-order valence-corrected chi connectivity index (χ0v) is 16.1. The number of carbonyl (C=O) groups is 4. The van der Waals surface area contributed by atoms with E-state index in [-0.39, 0.29) is 18.7 Å². The second kappa shape index (κ2) is 6.95. The van der Waals surface area contributed by atoms with Crippen molar-refractivity contribution < 1.29 is 19.2 Å². The summed E-state index contributed by atoms with van der Waals surface area (Å²) in [5.41, 5.74) is 1.63. The average Bonchev–Trinajstić information content (AvgIpc) is 2.83. The van der Waals surface area contributed by atoms with Crippen LogP contribution in [0.25, 0.3) is 0 Å². The molecule has 3 saturated heterocycles. The quantitative estimate of drug-likeness (QED) is 0.708. The standard InChI is InChI=1S/C21H24N4O4/c26-18-4-3-17(19(27)23-18)25-20(28)15-2-1-14(8-16(15)21(25)29)24-10-12-5-6-22-9-13(7-12)11-24/h1-2,8,12-13,17,22H,3-7,9-11H2,(H,23,26,27). The van der Waals surface area contributed by atoms with Crippen LogP contribution >= 0.6 is 0 Å². The molecule has 4 amide bonds. The van der Waals surface area contributed by atoms with Crippen molar-refractivity contribution in [1.82, 2.24) is 15.5 Å². The van der Waals surface area contributed by atoms with Crippen molar-refractivity contribution in [2.75, 3.05) is 31.1 Å². The largest absolute Gasteiger partial charge is 0.371 e. The van der Waals surface area contributed by atoms with Crippen molar-refractivity contribution in [3.63, 3.8) is 0 Å². The van der Waals surface area contributed by atoms with Crippen LogP contribution in [-0.2, 0) is 9.59 Å². The molecule has 29 heavy (non-hydrogen) atoms. The Morgan fingerprint density at radius 2 is 1.72 bits per heavy atom. The van der Waals surface area contributed by atoms with Gasteiger partial charge in [-0.25, -0.2) is 0 Å². The van der Waals surface area contributed by atoms with E-state index in [0.29, 0.717) is 23.0 Å². The maximum absolute atomic E-state index is 13.0. The molecular formula is C21H24N4O4. The predicted molar refractivity (Wildman–Crippen MR) is 104 cm³/mol. The molecule has 1 aromatic carbocycles. The smallest absolute Gasteiger partial charge is 0.262 e. The Bertz CT molecular complexity index is 900. The molecule has 2 N–H and O–H groups in total. The summed E-state index contributed by atoms with van der Waals surface area (Å²) in [5, 5.41) is 5.73. The van der Waals surface area contributed by atoms with E-state index in [0.717, 1.165) is 43.2 Å². The van der Waals surface area contributed by atoms with Gasteiger partial charge in [0.15, 0.2) is 0 Å². The highest BCUT2D eigenvalue weighted by atomic mass is 16.2. The van der Waals surface area contributed by atoms with Crippen LogP contribution in [0.15, 0.2) is 18.2 Å². The van der Waals surface area contributed by atoms with Crippen LogP contribution in [0, 0.1) is 11.8 Å². The molecular weight excluding hydrogens is 372 g/mol. The molecule has 0 aliphatic carbocycles. The minimum atomic E-state index is -0.924. The summed E-state index contributed by atoms with van der Waals surface area (Å²) in [6.45, 7) is 3.95. The maximum atomic E-state index is 13.0. The first-order valence-electron chi connectivity index (χ1n) is 10.3. The topological polar surface area (TPSA) is 98.8 Å². The fraction of sp³-hybridized carbons (Fsp3) is 0.524. The molecule has 3 unspecified atom stereocenters. The van der Waals surface area contributed by atoms with Crippen molar-refractivity contribution in [3.05, 3.63) is 29.3 Å². The Morgan fingerprint density at radius 3 is 2.55 bits per heavy atom. The van der Waals surface area contributed by atoms with Gasteiger partial charge in [0.2, 0.25) is 11.8 Å². The lowest BCUT2D eigenvalue weighted by molar-refractivity contribution is -0.136. The van der Waals surface area contributed by atoms with Gasteiger partial charge >= 0.3 is 0 Å². The lowest BCUT2D eigenvalue weighted by atomic mass is 9.88. The van der Waals surface area contributed by atoms with Crippen LogP contribution < -0.4 is 15.5 Å². The Morgan fingerprint density at radius 1 is 0.931 bits per heavy atom. The van der Waals surface area contributed by atoms with Crippen LogP contribution in [0.1, 0.15) is 46.4 Å². The Balaban J connectivity index is 1.41. The number of hydrogen-bond donors (Lipinski definition) is 2. The van der Waals surface area contributed by atoms with E-state index in [1.165, 1.54) is 6.42 Å². The summed E-state index contributed by atoms with van der Waals surface area (Å²) < 4.78 is 0. The maximum Gasteiger partial charge on any atom is 0.262 e. The van der Waals surface area contributed by atoms with Gasteiger partial charge in [0, 0.05) is 25.2 Å². The van der Waals surface area contributed by atoms with Crippen LogP contribution in [-0.4, -0.2) is 60.7 Å². The zero-order chi connectivity index (χ0) is 20.1. The summed E-state index contributed by atoms with van der Waals surface area (Å²) in [7, 11) is 0. The van der Waals surface area contributed by atoms with Crippen molar-refractivity contribution >= 4 is 29.3 Å². The van der Waals surface area contributed by atoms with E-state index >= 15 is 0 Å². The summed E-state index contributed by atoms with van der Waals surface area (Å²) >= 11 is 0. The SMILES string of the molecule is O=C1CCC(N2C(=O)c3ccc(N4CC5CCNCC(C5)C4)cc3C2=O)C(=O)N1. The number of rotatable bonds is 2. The van der Waals surface area contributed by atoms with E-state index in [1.807, 2.05) is 6.07 Å². The molecule has 4 aliphatic rings. The molecule has 3 fully saturated rings. The first-order chi connectivity index (χ1) is 14.0. The van der Waals surface area contributed by atoms with Crippen molar-refractivity contribution in [2.45, 2.75) is 31.7 Å². The van der Waals surface area contributed by atoms with Gasteiger partial charge in [0.25, 0.3) is 11.8 Å². The van der Waals surface area contributed by atoms with Crippen LogP contribution in [0.4, 0.5) is 5.69 Å². The molecule has 0 spiro atoms. The van der Waals surface area contributed by atoms with Gasteiger partial charge in [-0.05, 0) is 62.4 Å². The number of fused-ring (bicyclic) bond motifs is 3. The van der Waals surface area contributed by atoms with Gasteiger partial charge in [-0.1, -0.05) is 0 Å². The molecule has 3 atom stereocenters. The van der Waals surface area contributed by atoms with E-state index in [2.05, 4.69) is 15.5 Å². The van der Waals surface area contributed by atoms with E-state index in [1.54, 1.807) is 12.1 Å². The highest BCUT2D eigenvalue weighted by molar-refractivity contribution is 6.23. The average molecular weight is 396 g/mol. The van der Waals surface area contributed by atoms with Gasteiger partial charge < -0.3 is 10.2 Å². The molecule has 0 saturated carbocycles. The summed E-state index contributed by atoms with van der Waals surface area (Å²) in [5.74, 6) is -0.633. The van der Waals surface area contributed by atoms with Gasteiger partial charge in [0.05, 0.1) is 11.1 Å². The molecule has 8 nitrogen and oxygen atoms in total. The molecule has 8 heteroatoms. The second-order valence-electron chi connectivity index (χ2n) is 8.54. The number of piperidine rings is 2. The van der Waals surface area contributed by atoms with Crippen molar-refractivity contribution in [3.8, 4) is 0 Å². The summed E-state index contributed by atoms with van der Waals surface area (Å²) in [4.78, 5) is 52.8. The molecule has 4 heterocycles. The lowest BCUT2D eigenvalue weighted by Crippen LogP contribution is -2.54. The highest BCUT2D eigenvalue weighted by Crippen LogP contribution is 2.34. The van der Waals surface area contributed by atoms with Gasteiger partial charge in [-0.2, -0.15) is 0 Å². The number of anilines is 1. The zero-order valence-electron chi connectivity index (χ0n) is 16.1. The predicted octanol–water partition coefficient (Wildman–Crippen LogP) is 0.524. The second-order valence-corrected chi connectivity index (χ2v) is 8.54. The van der Waals surface area contributed by atoms with Gasteiger partial charge in [-0.3, -0.25) is 29.4 Å². The highest BCUT2D eigenvalue weighted by Gasteiger charge is 2.45. The normalized spacial score (nSPS) is 29.6. The number of benzene rings is 1. The third-order valence-corrected chi connectivity index (χ3v) is 6.57. The Kier molecular flexibility index (Phi) is 4.38. The van der Waals surface area contributed by atoms with Crippen molar-refractivity contribution in [1.29, 1.82) is 0 Å². The van der Waals surface area contributed by atoms with Crippen molar-refractivity contribution in [2.24, 2.45) is 11.8 Å². The molecule has 0 radical (unpaired) electrons. The van der Waals surface area contributed by atoms with Gasteiger partial charge in [-0.15, -0.1) is 0 Å². The Labute approximate surface area is 168 Å². The number of nitrogens with zero attached hydrogens (tertiary/aromatic N) is 2. The first-order valence-corrected chi connectivity index (χ1v) is 10.3. The summed E-state index contributed by atoms with van der Waals surface area (Å²) in [6.07, 6.45) is 2.68. The lowest BCUT2D eigenvalue weighted by Gasteiger charge is -2.37. The van der Waals surface area contributed by atoms with Crippen LogP contribution in [0.2, 0.25) is 0 Å². The molecule has 2 bridgehead atoms. The molecule has 4 aliphatic heterocycles. The third kappa shape index (κ3) is 3.11. The summed E-state index contributed by atoms with van der Waals surface area (Å²) in [6, 6.07) is 4.48. The molecule has 0 aromatic heterocycles. The van der Waals surface area contributed by atoms with E-state index in [9.17, 15) is 19.2 Å². The van der Waals surface area contributed by atoms with Gasteiger partial charge in [0.1, 0.15) is 6.04 Å². The van der Waals surface area contributed by atoms with E-state index < -0.39 is 23.8 Å². The Hall–Kier alpha value is -2.74. The number of amides is 4. The molecule has 152 valence electrons. The third-order valence-electron chi connectivity index (χ3n) is 6.57. The first kappa shape index (κ1) is 18.3. The number of nitrogens with one attached hydrogen (secondary N) is 2. The fourth-order valence-electron chi connectivity index (χ4n) is 5.15. The number of imide groups is 2.